The van der Waals surface area contributed by atoms with Crippen molar-refractivity contribution in [2.75, 3.05) is 0 Å². The van der Waals surface area contributed by atoms with Crippen LogP contribution in [0.5, 0.6) is 0 Å². The van der Waals surface area contributed by atoms with Gasteiger partial charge in [-0.05, 0) is 25.5 Å². The number of aromatic nitrogens is 3. The van der Waals surface area contributed by atoms with Gasteiger partial charge in [-0.15, -0.1) is 16.4 Å². The fourth-order valence-corrected chi connectivity index (χ4v) is 3.17. The average Bonchev–Trinajstić information content (AvgIpc) is 2.82. The first-order valence-electron chi connectivity index (χ1n) is 4.90. The number of carboxylic acids is 1. The van der Waals surface area contributed by atoms with Crippen molar-refractivity contribution >= 4 is 29.1 Å². The van der Waals surface area contributed by atoms with Gasteiger partial charge in [0.25, 0.3) is 0 Å². The summed E-state index contributed by atoms with van der Waals surface area (Å²) in [6.07, 6.45) is 0. The van der Waals surface area contributed by atoms with E-state index < -0.39 is 5.97 Å². The maximum atomic E-state index is 10.8. The van der Waals surface area contributed by atoms with E-state index in [4.69, 9.17) is 5.11 Å². The van der Waals surface area contributed by atoms with Crippen molar-refractivity contribution in [2.45, 2.75) is 24.8 Å². The number of aryl methyl sites for hydroxylation is 2. The Morgan fingerprint density at radius 1 is 1.59 bits per heavy atom. The van der Waals surface area contributed by atoms with Gasteiger partial charge in [-0.25, -0.2) is 9.78 Å². The number of H-pyrrole nitrogens is 1. The van der Waals surface area contributed by atoms with E-state index in [0.717, 1.165) is 16.3 Å². The predicted molar refractivity (Wildman–Crippen MR) is 66.7 cm³/mol. The van der Waals surface area contributed by atoms with Crippen molar-refractivity contribution in [3.05, 3.63) is 27.2 Å². The van der Waals surface area contributed by atoms with Crippen molar-refractivity contribution in [1.82, 2.24) is 15.2 Å². The van der Waals surface area contributed by atoms with Crippen LogP contribution in [0.15, 0.2) is 11.2 Å². The fraction of sp³-hybridized carbons (Fsp3) is 0.300. The van der Waals surface area contributed by atoms with Gasteiger partial charge < -0.3 is 5.11 Å². The summed E-state index contributed by atoms with van der Waals surface area (Å²) < 4.78 is 0. The maximum absolute atomic E-state index is 10.8. The Bertz CT molecular complexity index is 547. The van der Waals surface area contributed by atoms with Gasteiger partial charge in [0.2, 0.25) is 5.16 Å². The summed E-state index contributed by atoms with van der Waals surface area (Å²) in [5.74, 6) is 0.594. The molecule has 0 aliphatic rings. The molecule has 0 fully saturated rings. The molecular formula is C10H11N3O2S2. The quantitative estimate of drug-likeness (QED) is 0.834. The lowest BCUT2D eigenvalue weighted by atomic mass is 10.3. The van der Waals surface area contributed by atoms with Gasteiger partial charge in [0, 0.05) is 10.6 Å². The molecule has 90 valence electrons. The zero-order valence-corrected chi connectivity index (χ0v) is 11.0. The first-order chi connectivity index (χ1) is 8.06. The van der Waals surface area contributed by atoms with Gasteiger partial charge in [0.05, 0.1) is 0 Å². The molecule has 2 aromatic rings. The second kappa shape index (κ2) is 4.89. The van der Waals surface area contributed by atoms with E-state index in [-0.39, 0.29) is 0 Å². The topological polar surface area (TPSA) is 78.9 Å². The molecule has 0 aliphatic carbocycles. The van der Waals surface area contributed by atoms with Crippen LogP contribution in [0.3, 0.4) is 0 Å². The summed E-state index contributed by atoms with van der Waals surface area (Å²) in [6, 6.07) is 1.72. The Kier molecular flexibility index (Phi) is 3.49. The van der Waals surface area contributed by atoms with Gasteiger partial charge >= 0.3 is 5.97 Å². The highest BCUT2D eigenvalue weighted by atomic mass is 32.2. The molecule has 0 amide bonds. The highest BCUT2D eigenvalue weighted by molar-refractivity contribution is 7.98. The van der Waals surface area contributed by atoms with Crippen LogP contribution < -0.4 is 0 Å². The average molecular weight is 269 g/mol. The number of thioether (sulfide) groups is 1. The Labute approximate surface area is 106 Å². The minimum Gasteiger partial charge on any atom is -0.477 e. The lowest BCUT2D eigenvalue weighted by Crippen LogP contribution is -1.90. The number of rotatable bonds is 4. The first kappa shape index (κ1) is 12.1. The lowest BCUT2D eigenvalue weighted by molar-refractivity contribution is 0.0702. The summed E-state index contributed by atoms with van der Waals surface area (Å²) in [6.45, 7) is 3.77. The second-order valence-corrected chi connectivity index (χ2v) is 5.69. The Morgan fingerprint density at radius 3 is 2.88 bits per heavy atom. The molecule has 0 bridgehead atoms. The number of hydrogen-bond acceptors (Lipinski definition) is 5. The molecule has 2 heterocycles. The summed E-state index contributed by atoms with van der Waals surface area (Å²) in [5, 5.41) is 16.4. The van der Waals surface area contributed by atoms with Gasteiger partial charge in [-0.2, -0.15) is 0 Å². The molecule has 5 nitrogen and oxygen atoms in total. The lowest BCUT2D eigenvalue weighted by Gasteiger charge is -1.95. The predicted octanol–water partition coefficient (Wildman–Crippen LogP) is 2.47. The maximum Gasteiger partial charge on any atom is 0.345 e. The van der Waals surface area contributed by atoms with Gasteiger partial charge in [0.1, 0.15) is 10.7 Å². The molecule has 0 aliphatic heterocycles. The number of aromatic carboxylic acids is 1. The van der Waals surface area contributed by atoms with E-state index in [1.807, 2.05) is 13.8 Å². The summed E-state index contributed by atoms with van der Waals surface area (Å²) in [4.78, 5) is 16.4. The molecule has 2 N–H and O–H groups in total. The Morgan fingerprint density at radius 2 is 2.35 bits per heavy atom. The molecule has 0 unspecified atom stereocenters. The van der Waals surface area contributed by atoms with Crippen LogP contribution in [0.25, 0.3) is 0 Å². The molecule has 17 heavy (non-hydrogen) atoms. The van der Waals surface area contributed by atoms with Crippen molar-refractivity contribution in [3.63, 3.8) is 0 Å². The highest BCUT2D eigenvalue weighted by Gasteiger charge is 2.11. The second-order valence-electron chi connectivity index (χ2n) is 3.49. The number of nitrogens with one attached hydrogen (secondary N) is 1. The zero-order chi connectivity index (χ0) is 12.4. The van der Waals surface area contributed by atoms with Crippen LogP contribution in [0.4, 0.5) is 0 Å². The van der Waals surface area contributed by atoms with Crippen molar-refractivity contribution < 1.29 is 9.90 Å². The Hall–Kier alpha value is -1.34. The van der Waals surface area contributed by atoms with Crippen LogP contribution in [-0.4, -0.2) is 26.3 Å². The number of thiophene rings is 1. The molecule has 0 radical (unpaired) electrons. The van der Waals surface area contributed by atoms with Crippen LogP contribution >= 0.6 is 23.1 Å². The molecule has 0 atom stereocenters. The number of nitrogens with zero attached hydrogens (tertiary/aromatic N) is 2. The summed E-state index contributed by atoms with van der Waals surface area (Å²) in [5.41, 5.74) is 1.03. The van der Waals surface area contributed by atoms with Gasteiger partial charge in [-0.1, -0.05) is 11.8 Å². The highest BCUT2D eigenvalue weighted by Crippen LogP contribution is 2.27. The molecule has 0 spiro atoms. The van der Waals surface area contributed by atoms with Crippen LogP contribution in [0.1, 0.15) is 25.9 Å². The summed E-state index contributed by atoms with van der Waals surface area (Å²) in [7, 11) is 0. The third-order valence-electron chi connectivity index (χ3n) is 2.16. The minimum absolute atomic E-state index is 0.379. The Balaban J connectivity index is 2.06. The SMILES string of the molecule is Cc1nc(SCc2cc(C(=O)O)sc2C)n[nH]1. The number of carbonyl (C=O) groups is 1. The van der Waals surface area contributed by atoms with Crippen molar-refractivity contribution in [3.8, 4) is 0 Å². The molecule has 2 rings (SSSR count). The van der Waals surface area contributed by atoms with E-state index in [1.54, 1.807) is 6.07 Å². The van der Waals surface area contributed by atoms with E-state index in [9.17, 15) is 4.79 Å². The van der Waals surface area contributed by atoms with Gasteiger partial charge in [-0.3, -0.25) is 5.10 Å². The molecule has 7 heteroatoms. The fourth-order valence-electron chi connectivity index (χ4n) is 1.30. The molecule has 0 saturated carbocycles. The van der Waals surface area contributed by atoms with Crippen LogP contribution in [0.2, 0.25) is 0 Å². The third kappa shape index (κ3) is 2.86. The number of aromatic amines is 1. The smallest absolute Gasteiger partial charge is 0.345 e. The standard InChI is InChI=1S/C10H11N3O2S2/c1-5-7(3-8(17-5)9(14)15)4-16-10-11-6(2)12-13-10/h3H,4H2,1-2H3,(H,14,15)(H,11,12,13). The normalized spacial score (nSPS) is 10.7. The molecule has 0 aromatic carbocycles. The zero-order valence-electron chi connectivity index (χ0n) is 9.35. The third-order valence-corrected chi connectivity index (χ3v) is 4.14. The minimum atomic E-state index is -0.872. The number of carboxylic acid groups (broad SMARTS) is 1. The summed E-state index contributed by atoms with van der Waals surface area (Å²) >= 11 is 2.80. The monoisotopic (exact) mass is 269 g/mol. The van der Waals surface area contributed by atoms with Crippen LogP contribution in [0, 0.1) is 13.8 Å². The molecule has 2 aromatic heterocycles. The van der Waals surface area contributed by atoms with Crippen molar-refractivity contribution in [2.24, 2.45) is 0 Å². The van der Waals surface area contributed by atoms with E-state index in [2.05, 4.69) is 15.2 Å². The molecule has 0 saturated heterocycles. The first-order valence-corrected chi connectivity index (χ1v) is 6.71. The molecular weight excluding hydrogens is 258 g/mol. The van der Waals surface area contributed by atoms with E-state index in [1.165, 1.54) is 23.1 Å². The number of hydrogen-bond donors (Lipinski definition) is 2. The van der Waals surface area contributed by atoms with E-state index in [0.29, 0.717) is 15.8 Å². The van der Waals surface area contributed by atoms with Gasteiger partial charge in [0.15, 0.2) is 0 Å². The van der Waals surface area contributed by atoms with Crippen LogP contribution in [-0.2, 0) is 5.75 Å². The largest absolute Gasteiger partial charge is 0.477 e. The van der Waals surface area contributed by atoms with E-state index >= 15 is 0 Å². The van der Waals surface area contributed by atoms with Crippen molar-refractivity contribution in [1.29, 1.82) is 0 Å².